The molecule has 1 aromatic heterocycles. The van der Waals surface area contributed by atoms with Gasteiger partial charge in [-0.3, -0.25) is 4.79 Å². The summed E-state index contributed by atoms with van der Waals surface area (Å²) in [7, 11) is 0. The van der Waals surface area contributed by atoms with E-state index in [4.69, 9.17) is 0 Å². The average molecular weight is 294 g/mol. The van der Waals surface area contributed by atoms with Crippen molar-refractivity contribution in [1.29, 1.82) is 0 Å². The molecule has 21 heavy (non-hydrogen) atoms. The number of thiophene rings is 1. The molecule has 0 radical (unpaired) electrons. The van der Waals surface area contributed by atoms with Gasteiger partial charge in [-0.2, -0.15) is 0 Å². The first kappa shape index (κ1) is 14.0. The third kappa shape index (κ3) is 3.40. The quantitative estimate of drug-likeness (QED) is 0.659. The van der Waals surface area contributed by atoms with Gasteiger partial charge in [0, 0.05) is 22.6 Å². The van der Waals surface area contributed by atoms with Crippen molar-refractivity contribution in [3.63, 3.8) is 0 Å². The lowest BCUT2D eigenvalue weighted by Crippen LogP contribution is -2.05. The van der Waals surface area contributed by atoms with Gasteiger partial charge in [0.2, 0.25) is 0 Å². The summed E-state index contributed by atoms with van der Waals surface area (Å²) in [6.45, 7) is 2.15. The van der Waals surface area contributed by atoms with Crippen LogP contribution >= 0.6 is 11.3 Å². The second-order valence-corrected chi connectivity index (χ2v) is 6.55. The zero-order valence-electron chi connectivity index (χ0n) is 12.1. The second-order valence-electron chi connectivity index (χ2n) is 5.30. The summed E-state index contributed by atoms with van der Waals surface area (Å²) in [6, 6.07) is 18.8. The van der Waals surface area contributed by atoms with Crippen LogP contribution in [0.25, 0.3) is 10.8 Å². The van der Waals surface area contributed by atoms with Crippen molar-refractivity contribution in [3.8, 4) is 0 Å². The molecule has 0 aliphatic heterocycles. The topological polar surface area (TPSA) is 17.1 Å². The van der Waals surface area contributed by atoms with E-state index in [9.17, 15) is 4.79 Å². The van der Waals surface area contributed by atoms with Crippen molar-refractivity contribution in [2.24, 2.45) is 0 Å². The highest BCUT2D eigenvalue weighted by Gasteiger charge is 2.08. The number of ketones is 1. The normalized spacial score (nSPS) is 10.9. The van der Waals surface area contributed by atoms with Gasteiger partial charge < -0.3 is 0 Å². The van der Waals surface area contributed by atoms with Crippen molar-refractivity contribution in [1.82, 2.24) is 0 Å². The van der Waals surface area contributed by atoms with E-state index in [-0.39, 0.29) is 5.78 Å². The summed E-state index contributed by atoms with van der Waals surface area (Å²) < 4.78 is 0. The highest BCUT2D eigenvalue weighted by molar-refractivity contribution is 7.12. The molecule has 1 nitrogen and oxygen atoms in total. The Labute approximate surface area is 129 Å². The summed E-state index contributed by atoms with van der Waals surface area (Å²) in [6.07, 6.45) is 2.12. The van der Waals surface area contributed by atoms with Gasteiger partial charge >= 0.3 is 0 Å². The fourth-order valence-corrected chi connectivity index (χ4v) is 3.53. The Hall–Kier alpha value is -1.93. The summed E-state index contributed by atoms with van der Waals surface area (Å²) in [5.74, 6) is 0.287. The second kappa shape index (κ2) is 6.23. The van der Waals surface area contributed by atoms with Gasteiger partial charge in [0.25, 0.3) is 0 Å². The first-order valence-corrected chi connectivity index (χ1v) is 8.13. The van der Waals surface area contributed by atoms with Crippen LogP contribution in [0.5, 0.6) is 0 Å². The van der Waals surface area contributed by atoms with E-state index in [1.165, 1.54) is 20.5 Å². The number of carbonyl (C=O) groups excluding carboxylic acids is 1. The number of hydrogen-bond donors (Lipinski definition) is 0. The van der Waals surface area contributed by atoms with E-state index >= 15 is 0 Å². The summed E-state index contributed by atoms with van der Waals surface area (Å²) in [5.41, 5.74) is 1.10. The zero-order valence-corrected chi connectivity index (χ0v) is 13.0. The number of benzene rings is 2. The summed E-state index contributed by atoms with van der Waals surface area (Å²) >= 11 is 1.75. The molecule has 106 valence electrons. The maximum absolute atomic E-state index is 12.2. The minimum atomic E-state index is 0.287. The SMILES string of the molecule is CCc1ccc(CC(=O)Cc2ccc3ccccc3c2)s1. The molecule has 0 aliphatic rings. The number of hydrogen-bond acceptors (Lipinski definition) is 2. The predicted molar refractivity (Wildman–Crippen MR) is 90.1 cm³/mol. The zero-order chi connectivity index (χ0) is 14.7. The molecule has 2 heteroatoms. The molecule has 3 rings (SSSR count). The molecule has 0 saturated carbocycles. The standard InChI is InChI=1S/C19H18OS/c1-2-18-9-10-19(21-18)13-17(20)12-14-7-8-15-5-3-4-6-16(15)11-14/h3-11H,2,12-13H2,1H3. The predicted octanol–water partition coefficient (Wildman–Crippen LogP) is 4.82. The average Bonchev–Trinajstić information content (AvgIpc) is 2.94. The monoisotopic (exact) mass is 294 g/mol. The largest absolute Gasteiger partial charge is 0.299 e. The molecule has 0 atom stereocenters. The fourth-order valence-electron chi connectivity index (χ4n) is 2.54. The molecule has 0 unspecified atom stereocenters. The van der Waals surface area contributed by atoms with E-state index in [2.05, 4.69) is 49.4 Å². The summed E-state index contributed by atoms with van der Waals surface area (Å²) in [4.78, 5) is 14.8. The molecular weight excluding hydrogens is 276 g/mol. The Morgan fingerprint density at radius 1 is 0.905 bits per heavy atom. The Kier molecular flexibility index (Phi) is 4.16. The van der Waals surface area contributed by atoms with Crippen molar-refractivity contribution in [2.75, 3.05) is 0 Å². The van der Waals surface area contributed by atoms with Crippen molar-refractivity contribution in [2.45, 2.75) is 26.2 Å². The van der Waals surface area contributed by atoms with Crippen LogP contribution in [0.2, 0.25) is 0 Å². The third-order valence-corrected chi connectivity index (χ3v) is 4.88. The third-order valence-electron chi connectivity index (χ3n) is 3.65. The van der Waals surface area contributed by atoms with Gasteiger partial charge in [0.1, 0.15) is 5.78 Å². The first-order chi connectivity index (χ1) is 10.2. The number of carbonyl (C=O) groups is 1. The number of Topliss-reactive ketones (excluding diaryl/α,β-unsaturated/α-hetero) is 1. The van der Waals surface area contributed by atoms with Gasteiger partial charge in [0.15, 0.2) is 0 Å². The van der Waals surface area contributed by atoms with E-state index in [0.29, 0.717) is 12.8 Å². The number of rotatable bonds is 5. The van der Waals surface area contributed by atoms with E-state index in [1.54, 1.807) is 11.3 Å². The van der Waals surface area contributed by atoms with Gasteiger partial charge in [-0.15, -0.1) is 11.3 Å². The number of fused-ring (bicyclic) bond motifs is 1. The Morgan fingerprint density at radius 2 is 1.67 bits per heavy atom. The highest BCUT2D eigenvalue weighted by Crippen LogP contribution is 2.19. The lowest BCUT2D eigenvalue weighted by Gasteiger charge is -2.03. The molecule has 0 N–H and O–H groups in total. The van der Waals surface area contributed by atoms with Crippen LogP contribution in [0.3, 0.4) is 0 Å². The molecule has 3 aromatic rings. The molecule has 0 spiro atoms. The fraction of sp³-hybridized carbons (Fsp3) is 0.211. The van der Waals surface area contributed by atoms with Gasteiger partial charge in [-0.25, -0.2) is 0 Å². The minimum Gasteiger partial charge on any atom is -0.299 e. The smallest absolute Gasteiger partial charge is 0.142 e. The van der Waals surface area contributed by atoms with Crippen LogP contribution in [0.15, 0.2) is 54.6 Å². The van der Waals surface area contributed by atoms with Crippen molar-refractivity contribution < 1.29 is 4.79 Å². The van der Waals surface area contributed by atoms with E-state index < -0.39 is 0 Å². The van der Waals surface area contributed by atoms with Crippen molar-refractivity contribution >= 4 is 27.9 Å². The molecule has 2 aromatic carbocycles. The Bertz CT molecular complexity index is 770. The molecular formula is C19H18OS. The maximum atomic E-state index is 12.2. The Morgan fingerprint density at radius 3 is 2.43 bits per heavy atom. The molecule has 0 amide bonds. The van der Waals surface area contributed by atoms with E-state index in [0.717, 1.165) is 12.0 Å². The summed E-state index contributed by atoms with van der Waals surface area (Å²) in [5, 5.41) is 2.42. The van der Waals surface area contributed by atoms with E-state index in [1.807, 2.05) is 12.1 Å². The molecule has 1 heterocycles. The van der Waals surface area contributed by atoms with Crippen LogP contribution in [-0.4, -0.2) is 5.78 Å². The molecule has 0 fully saturated rings. The van der Waals surface area contributed by atoms with Gasteiger partial charge in [0.05, 0.1) is 0 Å². The van der Waals surface area contributed by atoms with Gasteiger partial charge in [-0.05, 0) is 34.9 Å². The maximum Gasteiger partial charge on any atom is 0.142 e. The minimum absolute atomic E-state index is 0.287. The van der Waals surface area contributed by atoms with Crippen LogP contribution < -0.4 is 0 Å². The highest BCUT2D eigenvalue weighted by atomic mass is 32.1. The molecule has 0 bridgehead atoms. The van der Waals surface area contributed by atoms with Crippen LogP contribution in [0, 0.1) is 0 Å². The first-order valence-electron chi connectivity index (χ1n) is 7.31. The lowest BCUT2D eigenvalue weighted by molar-refractivity contribution is -0.117. The van der Waals surface area contributed by atoms with Crippen LogP contribution in [-0.2, 0) is 24.1 Å². The lowest BCUT2D eigenvalue weighted by atomic mass is 10.0. The molecule has 0 aliphatic carbocycles. The molecule has 0 saturated heterocycles. The Balaban J connectivity index is 1.70. The van der Waals surface area contributed by atoms with Crippen LogP contribution in [0.1, 0.15) is 22.2 Å². The van der Waals surface area contributed by atoms with Crippen molar-refractivity contribution in [3.05, 3.63) is 69.9 Å². The van der Waals surface area contributed by atoms with Gasteiger partial charge in [-0.1, -0.05) is 49.4 Å². The van der Waals surface area contributed by atoms with Crippen LogP contribution in [0.4, 0.5) is 0 Å². The number of aryl methyl sites for hydroxylation is 1.